The summed E-state index contributed by atoms with van der Waals surface area (Å²) in [5.41, 5.74) is 8.33. The minimum Gasteiger partial charge on any atom is -0.393 e. The van der Waals surface area contributed by atoms with E-state index in [1.54, 1.807) is 6.20 Å². The number of nitrogen functional groups attached to an aromatic ring is 1. The molecule has 0 saturated carbocycles. The lowest BCUT2D eigenvalue weighted by molar-refractivity contribution is 0.509. The van der Waals surface area contributed by atoms with Gasteiger partial charge in [-0.15, -0.1) is 0 Å². The topological polar surface area (TPSA) is 88.8 Å². The first kappa shape index (κ1) is 16.6. The number of benzene rings is 2. The number of fused-ring (bicyclic) bond motifs is 1. The second kappa shape index (κ2) is 6.83. The summed E-state index contributed by atoms with van der Waals surface area (Å²) in [5, 5.41) is 6.95. The molecule has 8 heteroatoms. The van der Waals surface area contributed by atoms with Gasteiger partial charge in [-0.3, -0.25) is 4.98 Å². The molecular formula is C19H14F2N6. The van der Waals surface area contributed by atoms with Crippen LogP contribution in [0.25, 0.3) is 10.9 Å². The quantitative estimate of drug-likeness (QED) is 0.498. The Labute approximate surface area is 153 Å². The van der Waals surface area contributed by atoms with E-state index in [0.29, 0.717) is 11.5 Å². The fourth-order valence-corrected chi connectivity index (χ4v) is 2.65. The van der Waals surface area contributed by atoms with Crippen LogP contribution in [0.5, 0.6) is 0 Å². The molecule has 2 heterocycles. The molecule has 27 heavy (non-hydrogen) atoms. The van der Waals surface area contributed by atoms with Gasteiger partial charge in [0.1, 0.15) is 12.0 Å². The molecule has 4 N–H and O–H groups in total. The van der Waals surface area contributed by atoms with Crippen molar-refractivity contribution in [3.8, 4) is 0 Å². The second-order valence-corrected chi connectivity index (χ2v) is 5.74. The van der Waals surface area contributed by atoms with Gasteiger partial charge in [0.15, 0.2) is 23.3 Å². The van der Waals surface area contributed by atoms with Crippen molar-refractivity contribution in [1.29, 1.82) is 0 Å². The summed E-state index contributed by atoms with van der Waals surface area (Å²) in [6.45, 7) is 0. The van der Waals surface area contributed by atoms with Gasteiger partial charge in [0.05, 0.1) is 5.52 Å². The molecule has 0 aliphatic rings. The van der Waals surface area contributed by atoms with E-state index in [9.17, 15) is 8.78 Å². The maximum absolute atomic E-state index is 13.4. The molecule has 0 saturated heterocycles. The number of nitrogens with two attached hydrogens (primary N) is 1. The van der Waals surface area contributed by atoms with Crippen LogP contribution in [0.4, 0.5) is 37.5 Å². The third-order valence-electron chi connectivity index (χ3n) is 3.97. The van der Waals surface area contributed by atoms with Crippen LogP contribution >= 0.6 is 0 Å². The first-order valence-electron chi connectivity index (χ1n) is 8.05. The van der Waals surface area contributed by atoms with Crippen molar-refractivity contribution in [3.05, 3.63) is 72.7 Å². The van der Waals surface area contributed by atoms with Gasteiger partial charge in [0.2, 0.25) is 0 Å². The van der Waals surface area contributed by atoms with Crippen molar-refractivity contribution in [2.24, 2.45) is 0 Å². The van der Waals surface area contributed by atoms with E-state index in [4.69, 9.17) is 5.73 Å². The van der Waals surface area contributed by atoms with Crippen LogP contribution in [0.2, 0.25) is 0 Å². The minimum absolute atomic E-state index is 0.239. The zero-order valence-electron chi connectivity index (χ0n) is 13.9. The molecule has 0 aliphatic heterocycles. The zero-order valence-corrected chi connectivity index (χ0v) is 13.9. The Morgan fingerprint density at radius 2 is 1.63 bits per heavy atom. The van der Waals surface area contributed by atoms with Gasteiger partial charge < -0.3 is 16.4 Å². The number of nitrogens with one attached hydrogen (secondary N) is 2. The molecule has 4 rings (SSSR count). The summed E-state index contributed by atoms with van der Waals surface area (Å²) in [7, 11) is 0. The molecule has 0 unspecified atom stereocenters. The number of hydrogen-bond acceptors (Lipinski definition) is 6. The van der Waals surface area contributed by atoms with Crippen molar-refractivity contribution in [2.45, 2.75) is 0 Å². The molecule has 0 bridgehead atoms. The van der Waals surface area contributed by atoms with E-state index in [2.05, 4.69) is 25.6 Å². The number of hydrogen-bond donors (Lipinski definition) is 3. The second-order valence-electron chi connectivity index (χ2n) is 5.74. The minimum atomic E-state index is -0.964. The van der Waals surface area contributed by atoms with Gasteiger partial charge in [-0.05, 0) is 36.4 Å². The first-order chi connectivity index (χ1) is 13.1. The van der Waals surface area contributed by atoms with E-state index in [1.807, 2.05) is 30.3 Å². The van der Waals surface area contributed by atoms with E-state index < -0.39 is 11.6 Å². The van der Waals surface area contributed by atoms with E-state index in [-0.39, 0.29) is 11.5 Å². The van der Waals surface area contributed by atoms with Crippen molar-refractivity contribution < 1.29 is 8.78 Å². The lowest BCUT2D eigenvalue weighted by atomic mass is 10.2. The molecule has 134 valence electrons. The predicted octanol–water partition coefficient (Wildman–Crippen LogP) is 4.37. The average Bonchev–Trinajstić information content (AvgIpc) is 2.68. The highest BCUT2D eigenvalue weighted by atomic mass is 19.2. The smallest absolute Gasteiger partial charge is 0.160 e. The van der Waals surface area contributed by atoms with Gasteiger partial charge in [-0.2, -0.15) is 0 Å². The van der Waals surface area contributed by atoms with Crippen LogP contribution in [0.1, 0.15) is 0 Å². The van der Waals surface area contributed by atoms with E-state index >= 15 is 0 Å². The summed E-state index contributed by atoms with van der Waals surface area (Å²) in [5.74, 6) is -1.24. The molecular weight excluding hydrogens is 350 g/mol. The third-order valence-corrected chi connectivity index (χ3v) is 3.97. The molecule has 0 atom stereocenters. The number of halogens is 2. The van der Waals surface area contributed by atoms with Gasteiger partial charge in [-0.1, -0.05) is 6.07 Å². The molecule has 4 aromatic rings. The highest BCUT2D eigenvalue weighted by molar-refractivity contribution is 5.94. The molecule has 2 aromatic carbocycles. The number of anilines is 5. The lowest BCUT2D eigenvalue weighted by Gasteiger charge is -2.13. The molecule has 0 amide bonds. The summed E-state index contributed by atoms with van der Waals surface area (Å²) in [6, 6.07) is 12.9. The fraction of sp³-hybridized carbons (Fsp3) is 0. The predicted molar refractivity (Wildman–Crippen MR) is 101 cm³/mol. The number of rotatable bonds is 4. The Morgan fingerprint density at radius 1 is 0.815 bits per heavy atom. The van der Waals surface area contributed by atoms with Gasteiger partial charge in [-0.25, -0.2) is 18.7 Å². The Kier molecular flexibility index (Phi) is 4.21. The molecule has 6 nitrogen and oxygen atoms in total. The number of pyridine rings is 1. The molecule has 0 spiro atoms. The zero-order chi connectivity index (χ0) is 18.8. The van der Waals surface area contributed by atoms with Gasteiger partial charge in [0, 0.05) is 29.0 Å². The van der Waals surface area contributed by atoms with Crippen molar-refractivity contribution >= 4 is 39.6 Å². The van der Waals surface area contributed by atoms with Crippen molar-refractivity contribution in [1.82, 2.24) is 15.0 Å². The van der Waals surface area contributed by atoms with Crippen LogP contribution in [-0.4, -0.2) is 15.0 Å². The van der Waals surface area contributed by atoms with Crippen molar-refractivity contribution in [2.75, 3.05) is 16.4 Å². The number of nitrogens with zero attached hydrogens (tertiary/aromatic N) is 3. The SMILES string of the molecule is Nc1c(Nc2ccc(F)c(F)c2)ncnc1Nc1cccc2ncccc12. The fourth-order valence-electron chi connectivity index (χ4n) is 2.65. The van der Waals surface area contributed by atoms with Crippen molar-refractivity contribution in [3.63, 3.8) is 0 Å². The summed E-state index contributed by atoms with van der Waals surface area (Å²) in [6.07, 6.45) is 3.04. The summed E-state index contributed by atoms with van der Waals surface area (Å²) in [4.78, 5) is 12.6. The molecule has 0 fully saturated rings. The van der Waals surface area contributed by atoms with E-state index in [1.165, 1.54) is 12.4 Å². The Morgan fingerprint density at radius 3 is 2.44 bits per heavy atom. The normalized spacial score (nSPS) is 10.7. The van der Waals surface area contributed by atoms with E-state index in [0.717, 1.165) is 28.7 Å². The Balaban J connectivity index is 1.66. The number of aromatic nitrogens is 3. The molecule has 2 aromatic heterocycles. The molecule has 0 aliphatic carbocycles. The third kappa shape index (κ3) is 3.32. The largest absolute Gasteiger partial charge is 0.393 e. The van der Waals surface area contributed by atoms with Crippen LogP contribution in [0, 0.1) is 11.6 Å². The highest BCUT2D eigenvalue weighted by Gasteiger charge is 2.11. The van der Waals surface area contributed by atoms with Gasteiger partial charge >= 0.3 is 0 Å². The van der Waals surface area contributed by atoms with Crippen LogP contribution in [-0.2, 0) is 0 Å². The Bertz CT molecular complexity index is 1130. The first-order valence-corrected chi connectivity index (χ1v) is 8.05. The van der Waals surface area contributed by atoms with Crippen LogP contribution < -0.4 is 16.4 Å². The standard InChI is InChI=1S/C19H14F2N6/c20-13-7-6-11(9-14(13)21)26-18-17(22)19(25-10-24-18)27-16-5-1-4-15-12(16)3-2-8-23-15/h1-10H,22H2,(H2,24,25,26,27). The highest BCUT2D eigenvalue weighted by Crippen LogP contribution is 2.31. The maximum atomic E-state index is 13.4. The average molecular weight is 364 g/mol. The molecule has 0 radical (unpaired) electrons. The van der Waals surface area contributed by atoms with Gasteiger partial charge in [0.25, 0.3) is 0 Å². The summed E-state index contributed by atoms with van der Waals surface area (Å²) >= 11 is 0. The van der Waals surface area contributed by atoms with Crippen LogP contribution in [0.3, 0.4) is 0 Å². The lowest BCUT2D eigenvalue weighted by Crippen LogP contribution is -2.05. The summed E-state index contributed by atoms with van der Waals surface area (Å²) < 4.78 is 26.5. The van der Waals surface area contributed by atoms with Crippen LogP contribution in [0.15, 0.2) is 61.1 Å². The Hall–Kier alpha value is -3.81. The monoisotopic (exact) mass is 364 g/mol. The maximum Gasteiger partial charge on any atom is 0.160 e.